The number of aromatic nitrogens is 1. The van der Waals surface area contributed by atoms with Crippen LogP contribution in [0.3, 0.4) is 0 Å². The van der Waals surface area contributed by atoms with Crippen LogP contribution in [0.4, 0.5) is 4.39 Å². The van der Waals surface area contributed by atoms with Gasteiger partial charge in [0.05, 0.1) is 5.69 Å². The first kappa shape index (κ1) is 16.5. The molecule has 3 N–H and O–H groups in total. The fourth-order valence-corrected chi connectivity index (χ4v) is 3.36. The number of fused-ring (bicyclic) bond motifs is 1. The third-order valence-corrected chi connectivity index (χ3v) is 4.80. The molecule has 4 rings (SSSR count). The summed E-state index contributed by atoms with van der Waals surface area (Å²) in [6.07, 6.45) is 3.82. The Kier molecular flexibility index (Phi) is 4.31. The van der Waals surface area contributed by atoms with Gasteiger partial charge in [-0.25, -0.2) is 4.39 Å². The lowest BCUT2D eigenvalue weighted by Crippen LogP contribution is -2.40. The van der Waals surface area contributed by atoms with Crippen molar-refractivity contribution in [3.05, 3.63) is 71.6 Å². The number of carbonyl (C=O) groups is 1. The third kappa shape index (κ3) is 3.02. The largest absolute Gasteiger partial charge is 0.354 e. The molecule has 0 aliphatic carbocycles. The van der Waals surface area contributed by atoms with Gasteiger partial charge >= 0.3 is 0 Å². The maximum absolute atomic E-state index is 14.1. The highest BCUT2D eigenvalue weighted by Crippen LogP contribution is 2.31. The van der Waals surface area contributed by atoms with Crippen molar-refractivity contribution in [1.82, 2.24) is 15.6 Å². The van der Waals surface area contributed by atoms with Crippen LogP contribution in [-0.2, 0) is 11.3 Å². The number of halogens is 1. The highest BCUT2D eigenvalue weighted by Gasteiger charge is 2.17. The van der Waals surface area contributed by atoms with Gasteiger partial charge in [-0.05, 0) is 42.3 Å². The van der Waals surface area contributed by atoms with Gasteiger partial charge in [-0.2, -0.15) is 0 Å². The summed E-state index contributed by atoms with van der Waals surface area (Å²) in [5, 5.41) is 7.08. The van der Waals surface area contributed by atoms with Gasteiger partial charge in [0.25, 0.3) is 0 Å². The Labute approximate surface area is 151 Å². The van der Waals surface area contributed by atoms with Crippen LogP contribution in [-0.4, -0.2) is 23.5 Å². The zero-order valence-corrected chi connectivity index (χ0v) is 14.5. The number of aromatic amines is 1. The third-order valence-electron chi connectivity index (χ3n) is 4.80. The van der Waals surface area contributed by atoms with Crippen molar-refractivity contribution < 1.29 is 9.18 Å². The molecule has 1 aromatic heterocycles. The zero-order chi connectivity index (χ0) is 18.1. The number of hydrogen-bond donors (Lipinski definition) is 3. The van der Waals surface area contributed by atoms with E-state index in [0.29, 0.717) is 12.1 Å². The van der Waals surface area contributed by atoms with Gasteiger partial charge in [0.2, 0.25) is 5.91 Å². The summed E-state index contributed by atoms with van der Waals surface area (Å²) in [6, 6.07) is 12.5. The van der Waals surface area contributed by atoms with Crippen LogP contribution in [0.15, 0.2) is 54.6 Å². The van der Waals surface area contributed by atoms with Gasteiger partial charge < -0.3 is 10.3 Å². The van der Waals surface area contributed by atoms with Crippen LogP contribution in [0, 0.1) is 12.7 Å². The lowest BCUT2D eigenvalue weighted by molar-refractivity contribution is -0.122. The van der Waals surface area contributed by atoms with Crippen LogP contribution in [0.2, 0.25) is 0 Å². The topological polar surface area (TPSA) is 56.9 Å². The number of nitrogens with one attached hydrogen (secondary N) is 3. The summed E-state index contributed by atoms with van der Waals surface area (Å²) in [6.45, 7) is 3.17. The van der Waals surface area contributed by atoms with E-state index in [4.69, 9.17) is 0 Å². The Hall–Kier alpha value is -2.92. The molecule has 0 saturated heterocycles. The number of rotatable bonds is 4. The molecule has 0 radical (unpaired) electrons. The summed E-state index contributed by atoms with van der Waals surface area (Å²) in [7, 11) is 0. The first-order valence-corrected chi connectivity index (χ1v) is 8.67. The molecule has 132 valence electrons. The van der Waals surface area contributed by atoms with E-state index in [2.05, 4.69) is 15.6 Å². The zero-order valence-electron chi connectivity index (χ0n) is 14.5. The smallest absolute Gasteiger partial charge is 0.241 e. The Morgan fingerprint density at radius 1 is 1.27 bits per heavy atom. The van der Waals surface area contributed by atoms with E-state index in [9.17, 15) is 9.18 Å². The van der Waals surface area contributed by atoms with E-state index in [1.165, 1.54) is 6.07 Å². The molecule has 0 fully saturated rings. The molecule has 1 atom stereocenters. The molecule has 0 bridgehead atoms. The van der Waals surface area contributed by atoms with Crippen molar-refractivity contribution in [2.75, 3.05) is 6.54 Å². The quantitative estimate of drug-likeness (QED) is 0.632. The average Bonchev–Trinajstić information content (AvgIpc) is 3.29. The van der Waals surface area contributed by atoms with Gasteiger partial charge in [-0.3, -0.25) is 10.1 Å². The molecule has 26 heavy (non-hydrogen) atoms. The van der Waals surface area contributed by atoms with Crippen molar-refractivity contribution >= 4 is 16.8 Å². The Morgan fingerprint density at radius 2 is 2.12 bits per heavy atom. The summed E-state index contributed by atoms with van der Waals surface area (Å²) in [5.41, 5.74) is 4.32. The van der Waals surface area contributed by atoms with Gasteiger partial charge in [0, 0.05) is 29.6 Å². The van der Waals surface area contributed by atoms with Crippen molar-refractivity contribution in [3.8, 4) is 11.3 Å². The van der Waals surface area contributed by atoms with Crippen LogP contribution in [0.5, 0.6) is 0 Å². The number of amides is 1. The van der Waals surface area contributed by atoms with Crippen molar-refractivity contribution in [3.63, 3.8) is 0 Å². The molecule has 2 aromatic carbocycles. The van der Waals surface area contributed by atoms with E-state index in [1.807, 2.05) is 43.3 Å². The maximum atomic E-state index is 14.1. The second kappa shape index (κ2) is 6.77. The minimum absolute atomic E-state index is 0.0308. The lowest BCUT2D eigenvalue weighted by Gasteiger charge is -2.10. The van der Waals surface area contributed by atoms with E-state index >= 15 is 0 Å². The molecule has 0 spiro atoms. The average molecular weight is 349 g/mol. The fraction of sp³-hybridized carbons (Fsp3) is 0.190. The normalized spacial score (nSPS) is 16.3. The Bertz CT molecular complexity index is 1010. The van der Waals surface area contributed by atoms with Crippen molar-refractivity contribution in [2.24, 2.45) is 0 Å². The van der Waals surface area contributed by atoms with E-state index in [-0.39, 0.29) is 17.8 Å². The number of benzene rings is 2. The first-order chi connectivity index (χ1) is 12.6. The highest BCUT2D eigenvalue weighted by molar-refractivity contribution is 5.91. The molecule has 2 heterocycles. The summed E-state index contributed by atoms with van der Waals surface area (Å²) >= 11 is 0. The van der Waals surface area contributed by atoms with Crippen LogP contribution in [0.1, 0.15) is 11.1 Å². The van der Waals surface area contributed by atoms with E-state index < -0.39 is 0 Å². The van der Waals surface area contributed by atoms with Crippen molar-refractivity contribution in [1.29, 1.82) is 0 Å². The number of carbonyl (C=O) groups excluding carboxylic acids is 1. The van der Waals surface area contributed by atoms with Crippen LogP contribution >= 0.6 is 0 Å². The summed E-state index contributed by atoms with van der Waals surface area (Å²) in [4.78, 5) is 15.4. The van der Waals surface area contributed by atoms with E-state index in [0.717, 1.165) is 34.3 Å². The molecule has 0 saturated carbocycles. The molecule has 0 unspecified atom stereocenters. The fourth-order valence-electron chi connectivity index (χ4n) is 3.36. The van der Waals surface area contributed by atoms with Gasteiger partial charge in [0.15, 0.2) is 0 Å². The Balaban J connectivity index is 1.59. The Morgan fingerprint density at radius 3 is 2.88 bits per heavy atom. The molecule has 3 aromatic rings. The number of hydrogen-bond acceptors (Lipinski definition) is 2. The van der Waals surface area contributed by atoms with Gasteiger partial charge in [0.1, 0.15) is 11.9 Å². The predicted molar refractivity (Wildman–Crippen MR) is 101 cm³/mol. The minimum atomic E-state index is -0.250. The standard InChI is InChI=1S/C21H20FN3O/c1-13-16-11-14(12-24-21(26)19-7-4-10-23-19)8-9-18(16)25-20(13)15-5-2-3-6-17(15)22/h2-9,11,19,23,25H,10,12H2,1H3,(H,24,26)/t19-/m1/s1. The van der Waals surface area contributed by atoms with Crippen molar-refractivity contribution in [2.45, 2.75) is 19.5 Å². The second-order valence-corrected chi connectivity index (χ2v) is 6.52. The summed E-state index contributed by atoms with van der Waals surface area (Å²) in [5.74, 6) is -0.275. The van der Waals surface area contributed by atoms with Crippen LogP contribution < -0.4 is 10.6 Å². The van der Waals surface area contributed by atoms with Crippen LogP contribution in [0.25, 0.3) is 22.2 Å². The minimum Gasteiger partial charge on any atom is -0.354 e. The van der Waals surface area contributed by atoms with E-state index in [1.54, 1.807) is 12.1 Å². The molecule has 4 nitrogen and oxygen atoms in total. The summed E-state index contributed by atoms with van der Waals surface area (Å²) < 4.78 is 14.1. The highest BCUT2D eigenvalue weighted by atomic mass is 19.1. The number of H-pyrrole nitrogens is 1. The monoisotopic (exact) mass is 349 g/mol. The molecule has 1 amide bonds. The molecule has 5 heteroatoms. The maximum Gasteiger partial charge on any atom is 0.241 e. The molecular formula is C21H20FN3O. The lowest BCUT2D eigenvalue weighted by atomic mass is 10.0. The molecule has 1 aliphatic rings. The first-order valence-electron chi connectivity index (χ1n) is 8.67. The van der Waals surface area contributed by atoms with Gasteiger partial charge in [-0.15, -0.1) is 0 Å². The predicted octanol–water partition coefficient (Wildman–Crippen LogP) is 3.43. The molecule has 1 aliphatic heterocycles. The van der Waals surface area contributed by atoms with Gasteiger partial charge in [-0.1, -0.05) is 30.4 Å². The number of aryl methyl sites for hydroxylation is 1. The second-order valence-electron chi connectivity index (χ2n) is 6.52. The SMILES string of the molecule is Cc1c(-c2ccccc2F)[nH]c2ccc(CNC(=O)[C@H]3C=CCN3)cc12. The molecular weight excluding hydrogens is 329 g/mol.